The largest absolute Gasteiger partial charge is 0.316 e. The quantitative estimate of drug-likeness (QED) is 0.817. The number of nitrogens with zero attached hydrogens (tertiary/aromatic N) is 3. The molecule has 1 aliphatic rings. The van der Waals surface area contributed by atoms with Crippen molar-refractivity contribution in [3.63, 3.8) is 0 Å². The number of aromatic nitrogens is 3. The topological polar surface area (TPSA) is 42.7 Å². The van der Waals surface area contributed by atoms with Crippen LogP contribution in [0.2, 0.25) is 0 Å². The van der Waals surface area contributed by atoms with Gasteiger partial charge < -0.3 is 9.88 Å². The molecule has 0 saturated carbocycles. The molecule has 0 aliphatic carbocycles. The minimum Gasteiger partial charge on any atom is -0.316 e. The van der Waals surface area contributed by atoms with E-state index in [2.05, 4.69) is 27.0 Å². The van der Waals surface area contributed by atoms with E-state index in [-0.39, 0.29) is 0 Å². The van der Waals surface area contributed by atoms with Crippen LogP contribution in [0.3, 0.4) is 0 Å². The molecule has 2 rings (SSSR count). The van der Waals surface area contributed by atoms with Gasteiger partial charge in [0, 0.05) is 24.8 Å². The first-order valence-corrected chi connectivity index (χ1v) is 7.55. The third kappa shape index (κ3) is 3.22. The van der Waals surface area contributed by atoms with Crippen molar-refractivity contribution in [2.75, 3.05) is 12.8 Å². The van der Waals surface area contributed by atoms with Crippen molar-refractivity contribution in [2.24, 2.45) is 0 Å². The highest BCUT2D eigenvalue weighted by Crippen LogP contribution is 2.22. The van der Waals surface area contributed by atoms with Crippen LogP contribution in [0.15, 0.2) is 5.16 Å². The summed E-state index contributed by atoms with van der Waals surface area (Å²) < 4.78 is 2.32. The Labute approximate surface area is 108 Å². The Kier molecular flexibility index (Phi) is 4.86. The lowest BCUT2D eigenvalue weighted by Crippen LogP contribution is -2.26. The van der Waals surface area contributed by atoms with E-state index >= 15 is 0 Å². The van der Waals surface area contributed by atoms with Crippen molar-refractivity contribution in [3.05, 3.63) is 5.82 Å². The van der Waals surface area contributed by atoms with E-state index in [4.69, 9.17) is 0 Å². The Morgan fingerprint density at radius 1 is 1.35 bits per heavy atom. The summed E-state index contributed by atoms with van der Waals surface area (Å²) >= 11 is 1.84. The van der Waals surface area contributed by atoms with E-state index in [9.17, 15) is 0 Å². The Hall–Kier alpha value is -0.550. The predicted molar refractivity (Wildman–Crippen MR) is 71.4 cm³/mol. The fourth-order valence-electron chi connectivity index (χ4n) is 2.15. The number of fused-ring (bicyclic) bond motifs is 1. The molecule has 17 heavy (non-hydrogen) atoms. The summed E-state index contributed by atoms with van der Waals surface area (Å²) in [5.74, 6) is 2.26. The molecule has 0 saturated heterocycles. The summed E-state index contributed by atoms with van der Waals surface area (Å²) in [7, 11) is 2.03. The molecule has 4 nitrogen and oxygen atoms in total. The molecule has 0 aromatic carbocycles. The first kappa shape index (κ1) is 12.9. The van der Waals surface area contributed by atoms with E-state index in [0.717, 1.165) is 30.3 Å². The van der Waals surface area contributed by atoms with Gasteiger partial charge >= 0.3 is 0 Å². The Morgan fingerprint density at radius 2 is 2.24 bits per heavy atom. The maximum atomic E-state index is 4.33. The van der Waals surface area contributed by atoms with Crippen LogP contribution in [0.5, 0.6) is 0 Å². The molecule has 1 aliphatic heterocycles. The number of nitrogens with one attached hydrogen (secondary N) is 1. The smallest absolute Gasteiger partial charge is 0.191 e. The van der Waals surface area contributed by atoms with Gasteiger partial charge in [-0.25, -0.2) is 0 Å². The third-order valence-electron chi connectivity index (χ3n) is 3.39. The molecule has 0 radical (unpaired) electrons. The molecule has 1 aromatic heterocycles. The zero-order valence-corrected chi connectivity index (χ0v) is 11.6. The lowest BCUT2D eigenvalue weighted by molar-refractivity contribution is 0.583. The summed E-state index contributed by atoms with van der Waals surface area (Å²) in [6, 6.07) is 0.568. The summed E-state index contributed by atoms with van der Waals surface area (Å²) in [5.41, 5.74) is 0. The van der Waals surface area contributed by atoms with Crippen LogP contribution in [0.1, 0.15) is 38.4 Å². The second kappa shape index (κ2) is 6.40. The van der Waals surface area contributed by atoms with E-state index in [1.54, 1.807) is 0 Å². The lowest BCUT2D eigenvalue weighted by Gasteiger charge is -2.13. The van der Waals surface area contributed by atoms with Crippen LogP contribution in [-0.2, 0) is 13.0 Å². The van der Waals surface area contributed by atoms with Gasteiger partial charge in [0.25, 0.3) is 0 Å². The first-order valence-electron chi connectivity index (χ1n) is 6.57. The van der Waals surface area contributed by atoms with Gasteiger partial charge in [0.1, 0.15) is 5.82 Å². The SMILES string of the molecule is CCC(CSc1nnc2n1CCCCC2)NC. The summed E-state index contributed by atoms with van der Waals surface area (Å²) in [4.78, 5) is 0. The van der Waals surface area contributed by atoms with E-state index in [1.807, 2.05) is 18.8 Å². The van der Waals surface area contributed by atoms with Gasteiger partial charge in [0.05, 0.1) is 0 Å². The minimum absolute atomic E-state index is 0.568. The molecule has 1 unspecified atom stereocenters. The average Bonchev–Trinajstić information content (AvgIpc) is 2.60. The Bertz CT molecular complexity index is 346. The van der Waals surface area contributed by atoms with Gasteiger partial charge in [-0.15, -0.1) is 10.2 Å². The van der Waals surface area contributed by atoms with Gasteiger partial charge in [-0.2, -0.15) is 0 Å². The van der Waals surface area contributed by atoms with Crippen molar-refractivity contribution >= 4 is 11.8 Å². The van der Waals surface area contributed by atoms with Crippen LogP contribution in [0, 0.1) is 0 Å². The maximum absolute atomic E-state index is 4.33. The van der Waals surface area contributed by atoms with Gasteiger partial charge in [-0.3, -0.25) is 0 Å². The number of hydrogen-bond acceptors (Lipinski definition) is 4. The summed E-state index contributed by atoms with van der Waals surface area (Å²) in [6.07, 6.45) is 6.10. The monoisotopic (exact) mass is 254 g/mol. The molecule has 96 valence electrons. The van der Waals surface area contributed by atoms with Crippen molar-refractivity contribution < 1.29 is 0 Å². The number of thioether (sulfide) groups is 1. The molecule has 0 amide bonds. The Balaban J connectivity index is 1.99. The summed E-state index contributed by atoms with van der Waals surface area (Å²) in [6.45, 7) is 3.31. The molecular formula is C12H22N4S. The fourth-order valence-corrected chi connectivity index (χ4v) is 3.35. The lowest BCUT2D eigenvalue weighted by atomic mass is 10.2. The standard InChI is InChI=1S/C12H22N4S/c1-3-10(13-2)9-17-12-15-14-11-7-5-4-6-8-16(11)12/h10,13H,3-9H2,1-2H3. The molecule has 0 spiro atoms. The molecule has 2 heterocycles. The molecule has 1 aromatic rings. The highest BCUT2D eigenvalue weighted by molar-refractivity contribution is 7.99. The van der Waals surface area contributed by atoms with Crippen LogP contribution < -0.4 is 5.32 Å². The van der Waals surface area contributed by atoms with Gasteiger partial charge in [0.15, 0.2) is 5.16 Å². The minimum atomic E-state index is 0.568. The van der Waals surface area contributed by atoms with Gasteiger partial charge in [0.2, 0.25) is 0 Å². The number of aryl methyl sites for hydroxylation is 1. The zero-order chi connectivity index (χ0) is 12.1. The van der Waals surface area contributed by atoms with Crippen molar-refractivity contribution in [2.45, 2.75) is 56.8 Å². The second-order valence-corrected chi connectivity index (χ2v) is 5.55. The number of rotatable bonds is 5. The van der Waals surface area contributed by atoms with E-state index in [0.29, 0.717) is 6.04 Å². The highest BCUT2D eigenvalue weighted by Gasteiger charge is 2.15. The first-order chi connectivity index (χ1) is 8.35. The molecule has 5 heteroatoms. The number of hydrogen-bond donors (Lipinski definition) is 1. The van der Waals surface area contributed by atoms with Crippen molar-refractivity contribution in [3.8, 4) is 0 Å². The van der Waals surface area contributed by atoms with Crippen LogP contribution in [0.4, 0.5) is 0 Å². The molecule has 1 N–H and O–H groups in total. The highest BCUT2D eigenvalue weighted by atomic mass is 32.2. The normalized spacial score (nSPS) is 17.5. The predicted octanol–water partition coefficient (Wildman–Crippen LogP) is 2.09. The molecular weight excluding hydrogens is 232 g/mol. The van der Waals surface area contributed by atoms with Crippen molar-refractivity contribution in [1.82, 2.24) is 20.1 Å². The van der Waals surface area contributed by atoms with Crippen molar-refractivity contribution in [1.29, 1.82) is 0 Å². The van der Waals surface area contributed by atoms with E-state index in [1.165, 1.54) is 25.1 Å². The molecule has 0 fully saturated rings. The average molecular weight is 254 g/mol. The van der Waals surface area contributed by atoms with Gasteiger partial charge in [-0.05, 0) is 26.3 Å². The van der Waals surface area contributed by atoms with Crippen LogP contribution >= 0.6 is 11.8 Å². The van der Waals surface area contributed by atoms with Crippen LogP contribution in [-0.4, -0.2) is 33.6 Å². The maximum Gasteiger partial charge on any atom is 0.191 e. The molecule has 0 bridgehead atoms. The fraction of sp³-hybridized carbons (Fsp3) is 0.833. The third-order valence-corrected chi connectivity index (χ3v) is 4.52. The van der Waals surface area contributed by atoms with Gasteiger partial charge in [-0.1, -0.05) is 25.1 Å². The second-order valence-electron chi connectivity index (χ2n) is 4.57. The van der Waals surface area contributed by atoms with E-state index < -0.39 is 0 Å². The molecule has 1 atom stereocenters. The van der Waals surface area contributed by atoms with Crippen LogP contribution in [0.25, 0.3) is 0 Å². The Morgan fingerprint density at radius 3 is 3.00 bits per heavy atom. The summed E-state index contributed by atoms with van der Waals surface area (Å²) in [5, 5.41) is 13.1. The zero-order valence-electron chi connectivity index (χ0n) is 10.8.